The van der Waals surface area contributed by atoms with Gasteiger partial charge in [0, 0.05) is 35.6 Å². The van der Waals surface area contributed by atoms with Crippen LogP contribution in [-0.2, 0) is 23.1 Å². The zero-order valence-electron chi connectivity index (χ0n) is 10.9. The van der Waals surface area contributed by atoms with E-state index in [1.807, 2.05) is 24.3 Å². The molecule has 3 rings (SSSR count). The second kappa shape index (κ2) is 5.57. The highest BCUT2D eigenvalue weighted by atomic mass is 32.2. The highest BCUT2D eigenvalue weighted by Gasteiger charge is 2.16. The number of primary sulfonamides is 1. The Morgan fingerprint density at radius 2 is 2.14 bits per heavy atom. The third kappa shape index (κ3) is 3.30. The molecule has 0 bridgehead atoms. The smallest absolute Gasteiger partial charge is 0.271 e. The highest BCUT2D eigenvalue weighted by molar-refractivity contribution is 7.89. The van der Waals surface area contributed by atoms with Gasteiger partial charge in [0.25, 0.3) is 10.0 Å². The molecule has 3 aromatic heterocycles. The summed E-state index contributed by atoms with van der Waals surface area (Å²) in [5, 5.41) is 8.85. The van der Waals surface area contributed by atoms with Crippen molar-refractivity contribution in [1.29, 1.82) is 0 Å². The van der Waals surface area contributed by atoms with Gasteiger partial charge < -0.3 is 9.73 Å². The Bertz CT molecular complexity index is 822. The SMILES string of the molecule is NS(=O)(=O)c1cc2cc(CNCc3ccccn3)sc2o1. The average Bonchev–Trinajstić information content (AvgIpc) is 2.97. The number of sulfonamides is 1. The van der Waals surface area contributed by atoms with Crippen molar-refractivity contribution in [2.24, 2.45) is 5.14 Å². The molecule has 3 aromatic rings. The summed E-state index contributed by atoms with van der Waals surface area (Å²) in [6.07, 6.45) is 1.75. The topological polar surface area (TPSA) is 98.2 Å². The molecule has 0 atom stereocenters. The van der Waals surface area contributed by atoms with Crippen LogP contribution in [0.5, 0.6) is 0 Å². The Morgan fingerprint density at radius 1 is 1.29 bits per heavy atom. The van der Waals surface area contributed by atoms with Crippen LogP contribution in [0.3, 0.4) is 0 Å². The molecule has 0 aromatic carbocycles. The van der Waals surface area contributed by atoms with E-state index in [9.17, 15) is 8.42 Å². The monoisotopic (exact) mass is 323 g/mol. The fraction of sp³-hybridized carbons (Fsp3) is 0.154. The summed E-state index contributed by atoms with van der Waals surface area (Å²) in [6, 6.07) is 9.11. The lowest BCUT2D eigenvalue weighted by molar-refractivity contribution is 0.486. The van der Waals surface area contributed by atoms with Crippen molar-refractivity contribution in [1.82, 2.24) is 10.3 Å². The molecule has 6 nitrogen and oxygen atoms in total. The predicted octanol–water partition coefficient (Wildman–Crippen LogP) is 1.83. The van der Waals surface area contributed by atoms with E-state index < -0.39 is 10.0 Å². The van der Waals surface area contributed by atoms with Crippen molar-refractivity contribution in [3.05, 3.63) is 47.1 Å². The molecule has 0 aliphatic heterocycles. The zero-order chi connectivity index (χ0) is 14.9. The maximum atomic E-state index is 11.2. The predicted molar refractivity (Wildman–Crippen MR) is 80.2 cm³/mol. The summed E-state index contributed by atoms with van der Waals surface area (Å²) >= 11 is 1.40. The molecule has 0 radical (unpaired) electrons. The highest BCUT2D eigenvalue weighted by Crippen LogP contribution is 2.30. The molecular weight excluding hydrogens is 310 g/mol. The van der Waals surface area contributed by atoms with E-state index in [0.717, 1.165) is 16.0 Å². The van der Waals surface area contributed by atoms with Crippen molar-refractivity contribution < 1.29 is 12.8 Å². The Balaban J connectivity index is 1.67. The summed E-state index contributed by atoms with van der Waals surface area (Å²) < 4.78 is 27.6. The lowest BCUT2D eigenvalue weighted by Crippen LogP contribution is -2.12. The van der Waals surface area contributed by atoms with E-state index in [2.05, 4.69) is 10.3 Å². The van der Waals surface area contributed by atoms with Gasteiger partial charge >= 0.3 is 0 Å². The van der Waals surface area contributed by atoms with Crippen molar-refractivity contribution in [3.8, 4) is 0 Å². The quantitative estimate of drug-likeness (QED) is 0.746. The number of nitrogens with two attached hydrogens (primary N) is 1. The molecule has 110 valence electrons. The normalized spacial score (nSPS) is 12.0. The van der Waals surface area contributed by atoms with Gasteiger partial charge in [0.15, 0.2) is 4.90 Å². The Labute approximate surface area is 125 Å². The van der Waals surface area contributed by atoms with E-state index >= 15 is 0 Å². The van der Waals surface area contributed by atoms with Crippen LogP contribution in [0.2, 0.25) is 0 Å². The van der Waals surface area contributed by atoms with E-state index in [4.69, 9.17) is 9.56 Å². The van der Waals surface area contributed by atoms with Crippen molar-refractivity contribution in [2.45, 2.75) is 18.2 Å². The molecule has 0 saturated carbocycles. The number of aromatic nitrogens is 1. The third-order valence-electron chi connectivity index (χ3n) is 2.85. The van der Waals surface area contributed by atoms with Gasteiger partial charge in [-0.2, -0.15) is 0 Å². The van der Waals surface area contributed by atoms with E-state index in [0.29, 0.717) is 18.0 Å². The Morgan fingerprint density at radius 3 is 2.81 bits per heavy atom. The fourth-order valence-electron chi connectivity index (χ4n) is 1.91. The molecule has 21 heavy (non-hydrogen) atoms. The summed E-state index contributed by atoms with van der Waals surface area (Å²) in [7, 11) is -3.78. The fourth-order valence-corrected chi connectivity index (χ4v) is 3.42. The van der Waals surface area contributed by atoms with Gasteiger partial charge in [0.05, 0.1) is 5.69 Å². The lowest BCUT2D eigenvalue weighted by atomic mass is 10.3. The summed E-state index contributed by atoms with van der Waals surface area (Å²) in [4.78, 5) is 5.84. The van der Waals surface area contributed by atoms with Gasteiger partial charge in [0.2, 0.25) is 5.09 Å². The van der Waals surface area contributed by atoms with Crippen molar-refractivity contribution >= 4 is 31.6 Å². The number of nitrogens with one attached hydrogen (secondary N) is 1. The van der Waals surface area contributed by atoms with E-state index in [-0.39, 0.29) is 5.09 Å². The molecule has 0 fully saturated rings. The maximum absolute atomic E-state index is 11.2. The molecule has 3 N–H and O–H groups in total. The molecule has 0 spiro atoms. The van der Waals surface area contributed by atoms with Crippen LogP contribution in [0, 0.1) is 0 Å². The number of pyridine rings is 1. The Kier molecular flexibility index (Phi) is 3.77. The second-order valence-corrected chi connectivity index (χ2v) is 7.08. The average molecular weight is 323 g/mol. The summed E-state index contributed by atoms with van der Waals surface area (Å²) in [6.45, 7) is 1.33. The molecule has 0 amide bonds. The van der Waals surface area contributed by atoms with Crippen LogP contribution in [-0.4, -0.2) is 13.4 Å². The van der Waals surface area contributed by atoms with Gasteiger partial charge in [-0.1, -0.05) is 6.07 Å². The largest absolute Gasteiger partial charge is 0.433 e. The number of thiophene rings is 1. The number of fused-ring (bicyclic) bond motifs is 1. The first-order chi connectivity index (χ1) is 10.0. The van der Waals surface area contributed by atoms with E-state index in [1.54, 1.807) is 6.20 Å². The summed E-state index contributed by atoms with van der Waals surface area (Å²) in [5.74, 6) is 0. The molecule has 0 unspecified atom stereocenters. The van der Waals surface area contributed by atoms with Gasteiger partial charge in [0.1, 0.15) is 0 Å². The molecule has 0 aliphatic carbocycles. The molecule has 0 aliphatic rings. The van der Waals surface area contributed by atoms with Gasteiger partial charge in [-0.25, -0.2) is 13.6 Å². The second-order valence-electron chi connectivity index (χ2n) is 4.49. The molecule has 0 saturated heterocycles. The number of hydrogen-bond acceptors (Lipinski definition) is 6. The van der Waals surface area contributed by atoms with Gasteiger partial charge in [-0.05, 0) is 18.2 Å². The Hall–Kier alpha value is -1.74. The van der Waals surface area contributed by atoms with Crippen LogP contribution in [0.4, 0.5) is 0 Å². The van der Waals surface area contributed by atoms with Crippen molar-refractivity contribution in [3.63, 3.8) is 0 Å². The van der Waals surface area contributed by atoms with Crippen LogP contribution in [0.1, 0.15) is 10.6 Å². The minimum Gasteiger partial charge on any atom is -0.433 e. The third-order valence-corrected chi connectivity index (χ3v) is 4.65. The number of rotatable bonds is 5. The first-order valence-electron chi connectivity index (χ1n) is 6.18. The molecular formula is C13H13N3O3S2. The van der Waals surface area contributed by atoms with E-state index in [1.165, 1.54) is 17.4 Å². The van der Waals surface area contributed by atoms with Gasteiger partial charge in [-0.15, -0.1) is 11.3 Å². The number of furan rings is 1. The van der Waals surface area contributed by atoms with Crippen LogP contribution in [0.15, 0.2) is 46.0 Å². The molecule has 8 heteroatoms. The number of nitrogens with zero attached hydrogens (tertiary/aromatic N) is 1. The first kappa shape index (κ1) is 14.2. The minimum atomic E-state index is -3.78. The van der Waals surface area contributed by atoms with Crippen molar-refractivity contribution in [2.75, 3.05) is 0 Å². The van der Waals surface area contributed by atoms with Crippen LogP contribution in [0.25, 0.3) is 10.3 Å². The minimum absolute atomic E-state index is 0.197. The van der Waals surface area contributed by atoms with Crippen LogP contribution < -0.4 is 10.5 Å². The number of hydrogen-bond donors (Lipinski definition) is 2. The lowest BCUT2D eigenvalue weighted by Gasteiger charge is -2.01. The zero-order valence-corrected chi connectivity index (χ0v) is 12.6. The maximum Gasteiger partial charge on any atom is 0.271 e. The molecule has 3 heterocycles. The van der Waals surface area contributed by atoms with Crippen LogP contribution >= 0.6 is 11.3 Å². The standard InChI is InChI=1S/C13H13N3O3S2/c14-21(17,18)12-6-9-5-11(20-13(9)19-12)8-15-7-10-3-1-2-4-16-10/h1-6,15H,7-8H2,(H2,14,17,18). The summed E-state index contributed by atoms with van der Waals surface area (Å²) in [5.41, 5.74) is 0.967. The van der Waals surface area contributed by atoms with Gasteiger partial charge in [-0.3, -0.25) is 4.98 Å². The first-order valence-corrected chi connectivity index (χ1v) is 8.54.